The third kappa shape index (κ3) is 10.5. The minimum atomic E-state index is -0.898. The minimum absolute atomic E-state index is 0.0388. The Hall–Kier alpha value is -1.14. The molecule has 0 aromatic carbocycles. The number of ether oxygens (including phenoxy) is 3. The van der Waals surface area contributed by atoms with Gasteiger partial charge in [0.05, 0.1) is 6.61 Å². The Kier molecular flexibility index (Phi) is 11.2. The summed E-state index contributed by atoms with van der Waals surface area (Å²) >= 11 is 0. The van der Waals surface area contributed by atoms with Gasteiger partial charge in [0.15, 0.2) is 6.10 Å². The fourth-order valence-corrected chi connectivity index (χ4v) is 1.35. The standard InChI is InChI=1S/C13H24O6/c1-11(13(16)18-10-6-8-14)19-12(15)7-4-3-5-9-17-2/h11,14H,3-10H2,1-2H3. The highest BCUT2D eigenvalue weighted by atomic mass is 16.6. The molecule has 0 aliphatic rings. The van der Waals surface area contributed by atoms with Crippen LogP contribution in [0.4, 0.5) is 0 Å². The van der Waals surface area contributed by atoms with Gasteiger partial charge in [-0.05, 0) is 19.8 Å². The summed E-state index contributed by atoms with van der Waals surface area (Å²) < 4.78 is 14.6. The van der Waals surface area contributed by atoms with E-state index < -0.39 is 18.0 Å². The van der Waals surface area contributed by atoms with Crippen LogP contribution in [0.2, 0.25) is 0 Å². The van der Waals surface area contributed by atoms with E-state index in [0.29, 0.717) is 19.4 Å². The van der Waals surface area contributed by atoms with Crippen molar-refractivity contribution >= 4 is 11.9 Å². The van der Waals surface area contributed by atoms with Gasteiger partial charge < -0.3 is 19.3 Å². The van der Waals surface area contributed by atoms with E-state index in [-0.39, 0.29) is 19.6 Å². The first kappa shape index (κ1) is 17.9. The van der Waals surface area contributed by atoms with E-state index in [1.165, 1.54) is 6.92 Å². The molecule has 0 spiro atoms. The zero-order valence-electron chi connectivity index (χ0n) is 11.7. The molecule has 0 amide bonds. The predicted octanol–water partition coefficient (Wildman–Crippen LogP) is 1.05. The first-order chi connectivity index (χ1) is 9.11. The predicted molar refractivity (Wildman–Crippen MR) is 68.6 cm³/mol. The minimum Gasteiger partial charge on any atom is -0.463 e. The van der Waals surface area contributed by atoms with E-state index in [4.69, 9.17) is 19.3 Å². The largest absolute Gasteiger partial charge is 0.463 e. The van der Waals surface area contributed by atoms with Crippen LogP contribution in [-0.4, -0.2) is 50.1 Å². The molecule has 0 rings (SSSR count). The molecule has 0 aliphatic carbocycles. The van der Waals surface area contributed by atoms with Crippen molar-refractivity contribution in [2.24, 2.45) is 0 Å². The van der Waals surface area contributed by atoms with E-state index >= 15 is 0 Å². The molecule has 0 bridgehead atoms. The Morgan fingerprint density at radius 3 is 2.47 bits per heavy atom. The van der Waals surface area contributed by atoms with Crippen molar-refractivity contribution in [1.29, 1.82) is 0 Å². The Morgan fingerprint density at radius 1 is 1.11 bits per heavy atom. The van der Waals surface area contributed by atoms with Gasteiger partial charge in [-0.1, -0.05) is 6.42 Å². The van der Waals surface area contributed by atoms with Crippen LogP contribution in [0, 0.1) is 0 Å². The summed E-state index contributed by atoms with van der Waals surface area (Å²) in [6.45, 7) is 2.25. The summed E-state index contributed by atoms with van der Waals surface area (Å²) in [5, 5.41) is 8.54. The lowest BCUT2D eigenvalue weighted by Crippen LogP contribution is -2.26. The smallest absolute Gasteiger partial charge is 0.347 e. The molecule has 112 valence electrons. The Labute approximate surface area is 114 Å². The van der Waals surface area contributed by atoms with Gasteiger partial charge in [0, 0.05) is 33.2 Å². The first-order valence-corrected chi connectivity index (χ1v) is 6.57. The quantitative estimate of drug-likeness (QED) is 0.449. The number of aliphatic hydroxyl groups excluding tert-OH is 1. The topological polar surface area (TPSA) is 82.1 Å². The van der Waals surface area contributed by atoms with Crippen LogP contribution < -0.4 is 0 Å². The molecule has 0 saturated heterocycles. The second-order valence-corrected chi connectivity index (χ2v) is 4.18. The number of aliphatic hydroxyl groups is 1. The van der Waals surface area contributed by atoms with Gasteiger partial charge in [-0.2, -0.15) is 0 Å². The first-order valence-electron chi connectivity index (χ1n) is 6.57. The number of hydrogen-bond donors (Lipinski definition) is 1. The van der Waals surface area contributed by atoms with Gasteiger partial charge in [-0.25, -0.2) is 4.79 Å². The van der Waals surface area contributed by atoms with Crippen molar-refractivity contribution in [3.8, 4) is 0 Å². The van der Waals surface area contributed by atoms with Crippen LogP contribution in [0.15, 0.2) is 0 Å². The second kappa shape index (κ2) is 11.9. The van der Waals surface area contributed by atoms with E-state index in [2.05, 4.69) is 0 Å². The Bertz CT molecular complexity index is 254. The summed E-state index contributed by atoms with van der Waals surface area (Å²) in [4.78, 5) is 22.8. The van der Waals surface area contributed by atoms with Crippen molar-refractivity contribution in [3.63, 3.8) is 0 Å². The van der Waals surface area contributed by atoms with Crippen molar-refractivity contribution in [2.75, 3.05) is 26.9 Å². The summed E-state index contributed by atoms with van der Waals surface area (Å²) in [5.41, 5.74) is 0. The molecule has 6 heteroatoms. The van der Waals surface area contributed by atoms with Crippen molar-refractivity contribution in [2.45, 2.75) is 45.1 Å². The summed E-state index contributed by atoms with van der Waals surface area (Å²) in [6.07, 6.45) is 2.28. The fourth-order valence-electron chi connectivity index (χ4n) is 1.35. The third-order valence-corrected chi connectivity index (χ3v) is 2.42. The maximum atomic E-state index is 11.4. The summed E-state index contributed by atoms with van der Waals surface area (Å²) in [7, 11) is 1.64. The lowest BCUT2D eigenvalue weighted by Gasteiger charge is -2.12. The molecule has 6 nitrogen and oxygen atoms in total. The van der Waals surface area contributed by atoms with Gasteiger partial charge in [-0.3, -0.25) is 4.79 Å². The highest BCUT2D eigenvalue weighted by Gasteiger charge is 2.18. The fraction of sp³-hybridized carbons (Fsp3) is 0.846. The lowest BCUT2D eigenvalue weighted by atomic mass is 10.2. The molecule has 0 fully saturated rings. The zero-order chi connectivity index (χ0) is 14.5. The SMILES string of the molecule is COCCCCCC(=O)OC(C)C(=O)OCCCO. The van der Waals surface area contributed by atoms with Crippen LogP contribution in [0.3, 0.4) is 0 Å². The number of carbonyl (C=O) groups is 2. The number of hydrogen-bond acceptors (Lipinski definition) is 6. The van der Waals surface area contributed by atoms with Gasteiger partial charge in [0.25, 0.3) is 0 Å². The average Bonchev–Trinajstić information content (AvgIpc) is 2.38. The molecule has 1 N–H and O–H groups in total. The van der Waals surface area contributed by atoms with E-state index in [1.807, 2.05) is 0 Å². The number of carbonyl (C=O) groups excluding carboxylic acids is 2. The second-order valence-electron chi connectivity index (χ2n) is 4.18. The van der Waals surface area contributed by atoms with E-state index in [1.54, 1.807) is 7.11 Å². The highest BCUT2D eigenvalue weighted by molar-refractivity contribution is 5.78. The molecule has 1 atom stereocenters. The van der Waals surface area contributed by atoms with Gasteiger partial charge in [0.1, 0.15) is 0 Å². The van der Waals surface area contributed by atoms with Crippen LogP contribution in [0.25, 0.3) is 0 Å². The van der Waals surface area contributed by atoms with Crippen LogP contribution in [-0.2, 0) is 23.8 Å². The maximum absolute atomic E-state index is 11.4. The summed E-state index contributed by atoms with van der Waals surface area (Å²) in [6, 6.07) is 0. The number of esters is 2. The monoisotopic (exact) mass is 276 g/mol. The van der Waals surface area contributed by atoms with Gasteiger partial charge in [0.2, 0.25) is 0 Å². The maximum Gasteiger partial charge on any atom is 0.347 e. The molecule has 0 saturated carbocycles. The van der Waals surface area contributed by atoms with Crippen molar-refractivity contribution < 1.29 is 28.9 Å². The molecular weight excluding hydrogens is 252 g/mol. The molecule has 0 heterocycles. The van der Waals surface area contributed by atoms with Crippen LogP contribution in [0.1, 0.15) is 39.0 Å². The lowest BCUT2D eigenvalue weighted by molar-refractivity contribution is -0.166. The van der Waals surface area contributed by atoms with Crippen LogP contribution >= 0.6 is 0 Å². The summed E-state index contributed by atoms with van der Waals surface area (Å²) in [5.74, 6) is -0.981. The van der Waals surface area contributed by atoms with Gasteiger partial charge >= 0.3 is 11.9 Å². The van der Waals surface area contributed by atoms with Gasteiger partial charge in [-0.15, -0.1) is 0 Å². The Balaban J connectivity index is 3.64. The zero-order valence-corrected chi connectivity index (χ0v) is 11.7. The Morgan fingerprint density at radius 2 is 1.84 bits per heavy atom. The number of unbranched alkanes of at least 4 members (excludes halogenated alkanes) is 2. The molecule has 0 aromatic heterocycles. The molecule has 0 aromatic rings. The van der Waals surface area contributed by atoms with E-state index in [9.17, 15) is 9.59 Å². The highest BCUT2D eigenvalue weighted by Crippen LogP contribution is 2.04. The molecule has 19 heavy (non-hydrogen) atoms. The molecule has 1 unspecified atom stereocenters. The average molecular weight is 276 g/mol. The van der Waals surface area contributed by atoms with Crippen molar-refractivity contribution in [1.82, 2.24) is 0 Å². The molecule has 0 radical (unpaired) electrons. The van der Waals surface area contributed by atoms with E-state index in [0.717, 1.165) is 12.8 Å². The third-order valence-electron chi connectivity index (χ3n) is 2.42. The molecular formula is C13H24O6. The number of rotatable bonds is 11. The molecule has 0 aliphatic heterocycles. The van der Waals surface area contributed by atoms with Crippen LogP contribution in [0.5, 0.6) is 0 Å². The van der Waals surface area contributed by atoms with Crippen molar-refractivity contribution in [3.05, 3.63) is 0 Å². The normalized spacial score (nSPS) is 11.9. The number of methoxy groups -OCH3 is 1.